The molecule has 5 fully saturated rings. The summed E-state index contributed by atoms with van der Waals surface area (Å²) in [5, 5.41) is 0. The van der Waals surface area contributed by atoms with E-state index in [0.717, 1.165) is 43.9 Å². The Hall–Kier alpha value is -0.410. The maximum Gasteiger partial charge on any atom is 0.139 e. The standard InChI is InChI=1S/C21H32O3/c1-4-13-11-20-12-14(23-3)7-10-21(20,24-20)16-8-9-19(2)15(18(13)16)5-6-17(19)22/h13-16,18H,4-12H2,1-3H3/t13-,14?,15?,16?,18?,19+,20?,21?/m1/s1. The van der Waals surface area contributed by atoms with E-state index in [2.05, 4.69) is 13.8 Å². The van der Waals surface area contributed by atoms with E-state index in [4.69, 9.17) is 9.47 Å². The van der Waals surface area contributed by atoms with E-state index in [0.29, 0.717) is 23.7 Å². The van der Waals surface area contributed by atoms with Crippen LogP contribution in [-0.4, -0.2) is 30.2 Å². The lowest BCUT2D eigenvalue weighted by molar-refractivity contribution is -0.133. The van der Waals surface area contributed by atoms with Crippen LogP contribution in [0.1, 0.15) is 71.6 Å². The second kappa shape index (κ2) is 4.85. The highest BCUT2D eigenvalue weighted by molar-refractivity contribution is 5.87. The summed E-state index contributed by atoms with van der Waals surface area (Å²) in [6.45, 7) is 4.64. The van der Waals surface area contributed by atoms with Gasteiger partial charge in [0.2, 0.25) is 0 Å². The summed E-state index contributed by atoms with van der Waals surface area (Å²) in [6, 6.07) is 0. The minimum atomic E-state index is -0.0240. The Bertz CT molecular complexity index is 573. The first kappa shape index (κ1) is 15.8. The SMILES string of the molecule is CC[C@@H]1CC23CC(OC)CCC2(O3)C2CC[C@]3(C)C(=O)CCC3C21. The minimum Gasteiger partial charge on any atom is -0.381 e. The topological polar surface area (TPSA) is 38.8 Å². The molecule has 1 saturated heterocycles. The van der Waals surface area contributed by atoms with Crippen molar-refractivity contribution in [3.8, 4) is 0 Å². The number of Topliss-reactive ketones (excluding diaryl/α,β-unsaturated/α-hetero) is 1. The van der Waals surface area contributed by atoms with Gasteiger partial charge >= 0.3 is 0 Å². The predicted molar refractivity (Wildman–Crippen MR) is 91.6 cm³/mol. The van der Waals surface area contributed by atoms with Gasteiger partial charge in [-0.3, -0.25) is 4.79 Å². The first-order valence-electron chi connectivity index (χ1n) is 10.3. The second-order valence-corrected chi connectivity index (χ2v) is 9.67. The molecular weight excluding hydrogens is 300 g/mol. The molecule has 6 unspecified atom stereocenters. The van der Waals surface area contributed by atoms with Crippen LogP contribution in [0.25, 0.3) is 0 Å². The maximum absolute atomic E-state index is 12.6. The molecule has 0 spiro atoms. The summed E-state index contributed by atoms with van der Waals surface area (Å²) in [7, 11) is 1.86. The monoisotopic (exact) mass is 332 g/mol. The number of rotatable bonds is 2. The number of epoxide rings is 1. The van der Waals surface area contributed by atoms with Crippen molar-refractivity contribution in [2.75, 3.05) is 7.11 Å². The van der Waals surface area contributed by atoms with E-state index in [-0.39, 0.29) is 16.6 Å². The van der Waals surface area contributed by atoms with Crippen molar-refractivity contribution in [2.24, 2.45) is 29.1 Å². The van der Waals surface area contributed by atoms with Crippen molar-refractivity contribution in [1.29, 1.82) is 0 Å². The van der Waals surface area contributed by atoms with Crippen LogP contribution in [0.4, 0.5) is 0 Å². The molecule has 4 saturated carbocycles. The highest BCUT2D eigenvalue weighted by atomic mass is 16.6. The Kier molecular flexibility index (Phi) is 3.20. The van der Waals surface area contributed by atoms with Crippen molar-refractivity contribution in [3.63, 3.8) is 0 Å². The summed E-state index contributed by atoms with van der Waals surface area (Å²) in [5.41, 5.74) is 0.235. The van der Waals surface area contributed by atoms with Crippen molar-refractivity contribution in [1.82, 2.24) is 0 Å². The van der Waals surface area contributed by atoms with Crippen molar-refractivity contribution in [3.05, 3.63) is 0 Å². The molecule has 1 heterocycles. The first-order chi connectivity index (χ1) is 11.5. The molecule has 8 atom stereocenters. The molecule has 0 N–H and O–H groups in total. The van der Waals surface area contributed by atoms with E-state index in [1.54, 1.807) is 0 Å². The van der Waals surface area contributed by atoms with Crippen molar-refractivity contribution >= 4 is 5.78 Å². The number of hydrogen-bond donors (Lipinski definition) is 0. The molecule has 24 heavy (non-hydrogen) atoms. The Morgan fingerprint density at radius 1 is 1.17 bits per heavy atom. The summed E-state index contributed by atoms with van der Waals surface area (Å²) in [6.07, 6.45) is 10.5. The highest BCUT2D eigenvalue weighted by Crippen LogP contribution is 2.74. The average molecular weight is 332 g/mol. The first-order valence-corrected chi connectivity index (χ1v) is 10.3. The van der Waals surface area contributed by atoms with Gasteiger partial charge in [0.15, 0.2) is 0 Å². The number of fused-ring (bicyclic) bond motifs is 3. The smallest absolute Gasteiger partial charge is 0.139 e. The summed E-state index contributed by atoms with van der Waals surface area (Å²) < 4.78 is 12.4. The van der Waals surface area contributed by atoms with Crippen LogP contribution >= 0.6 is 0 Å². The third-order valence-electron chi connectivity index (χ3n) is 9.14. The average Bonchev–Trinajstić information content (AvgIpc) is 3.19. The maximum atomic E-state index is 12.6. The molecule has 0 amide bonds. The van der Waals surface area contributed by atoms with E-state index in [1.165, 1.54) is 25.7 Å². The molecule has 3 heteroatoms. The zero-order valence-electron chi connectivity index (χ0n) is 15.5. The van der Waals surface area contributed by atoms with Crippen LogP contribution in [0.15, 0.2) is 0 Å². The number of ketones is 1. The Morgan fingerprint density at radius 3 is 2.75 bits per heavy atom. The zero-order valence-corrected chi connectivity index (χ0v) is 15.5. The summed E-state index contributed by atoms with van der Waals surface area (Å²) in [4.78, 5) is 12.6. The molecule has 134 valence electrons. The van der Waals surface area contributed by atoms with Crippen LogP contribution < -0.4 is 0 Å². The Balaban J connectivity index is 1.51. The zero-order chi connectivity index (χ0) is 16.7. The number of carbonyl (C=O) groups is 1. The molecule has 0 radical (unpaired) electrons. The highest BCUT2D eigenvalue weighted by Gasteiger charge is 2.79. The quantitative estimate of drug-likeness (QED) is 0.714. The third-order valence-corrected chi connectivity index (χ3v) is 9.14. The number of methoxy groups -OCH3 is 1. The minimum absolute atomic E-state index is 0.0240. The largest absolute Gasteiger partial charge is 0.381 e. The van der Waals surface area contributed by atoms with Gasteiger partial charge in [0, 0.05) is 25.4 Å². The van der Waals surface area contributed by atoms with Crippen molar-refractivity contribution in [2.45, 2.75) is 88.9 Å². The molecule has 0 aromatic carbocycles. The van der Waals surface area contributed by atoms with E-state index in [1.807, 2.05) is 7.11 Å². The fraction of sp³-hybridized carbons (Fsp3) is 0.952. The fourth-order valence-corrected chi connectivity index (χ4v) is 7.90. The van der Waals surface area contributed by atoms with Crippen LogP contribution in [0.5, 0.6) is 0 Å². The fourth-order valence-electron chi connectivity index (χ4n) is 7.90. The molecule has 5 aliphatic rings. The van der Waals surface area contributed by atoms with Crippen LogP contribution in [0, 0.1) is 29.1 Å². The lowest BCUT2D eigenvalue weighted by atomic mass is 9.47. The van der Waals surface area contributed by atoms with Gasteiger partial charge in [-0.25, -0.2) is 0 Å². The van der Waals surface area contributed by atoms with Crippen LogP contribution in [0.2, 0.25) is 0 Å². The van der Waals surface area contributed by atoms with Gasteiger partial charge in [-0.1, -0.05) is 20.3 Å². The lowest BCUT2D eigenvalue weighted by Gasteiger charge is -2.55. The number of hydrogen-bond acceptors (Lipinski definition) is 3. The van der Waals surface area contributed by atoms with Gasteiger partial charge in [0.1, 0.15) is 17.0 Å². The molecule has 0 aromatic rings. The van der Waals surface area contributed by atoms with Gasteiger partial charge in [0.25, 0.3) is 0 Å². The molecule has 1 aliphatic heterocycles. The van der Waals surface area contributed by atoms with Gasteiger partial charge in [0.05, 0.1) is 6.10 Å². The lowest BCUT2D eigenvalue weighted by Crippen LogP contribution is -2.56. The predicted octanol–water partition coefficient (Wildman–Crippen LogP) is 4.13. The third kappa shape index (κ3) is 1.69. The Labute approximate surface area is 145 Å². The van der Waals surface area contributed by atoms with Crippen molar-refractivity contribution < 1.29 is 14.3 Å². The van der Waals surface area contributed by atoms with E-state index in [9.17, 15) is 4.79 Å². The van der Waals surface area contributed by atoms with E-state index >= 15 is 0 Å². The molecule has 4 aliphatic carbocycles. The second-order valence-electron chi connectivity index (χ2n) is 9.67. The van der Waals surface area contributed by atoms with Crippen LogP contribution in [-0.2, 0) is 14.3 Å². The van der Waals surface area contributed by atoms with Gasteiger partial charge in [-0.15, -0.1) is 0 Å². The number of ether oxygens (including phenoxy) is 2. The molecule has 3 nitrogen and oxygen atoms in total. The van der Waals surface area contributed by atoms with E-state index < -0.39 is 0 Å². The van der Waals surface area contributed by atoms with Crippen LogP contribution in [0.3, 0.4) is 0 Å². The number of carbonyl (C=O) groups excluding carboxylic acids is 1. The molecule has 0 aromatic heterocycles. The molecule has 0 bridgehead atoms. The summed E-state index contributed by atoms with van der Waals surface area (Å²) in [5.74, 6) is 3.31. The van der Waals surface area contributed by atoms with Gasteiger partial charge in [-0.05, 0) is 62.2 Å². The summed E-state index contributed by atoms with van der Waals surface area (Å²) >= 11 is 0. The molecule has 5 rings (SSSR count). The van der Waals surface area contributed by atoms with Gasteiger partial charge < -0.3 is 9.47 Å². The molecular formula is C21H32O3. The Morgan fingerprint density at radius 2 is 2.00 bits per heavy atom. The van der Waals surface area contributed by atoms with Gasteiger partial charge in [-0.2, -0.15) is 0 Å². The normalized spacial score (nSPS) is 58.5.